The normalized spacial score (nSPS) is 37.9. The number of nitrogens with zero attached hydrogens (tertiary/aromatic N) is 1. The van der Waals surface area contributed by atoms with Gasteiger partial charge in [-0.15, -0.1) is 24.0 Å². The second-order valence-corrected chi connectivity index (χ2v) is 3.88. The van der Waals surface area contributed by atoms with E-state index in [1.807, 2.05) is 0 Å². The zero-order valence-electron chi connectivity index (χ0n) is 6.88. The quantitative estimate of drug-likeness (QED) is 0.640. The summed E-state index contributed by atoms with van der Waals surface area (Å²) >= 11 is 5.55. The molecule has 70 valence electrons. The number of halogens is 2. The second-order valence-electron chi connectivity index (χ2n) is 3.61. The van der Waals surface area contributed by atoms with E-state index in [-0.39, 0.29) is 29.5 Å². The van der Waals surface area contributed by atoms with E-state index in [2.05, 4.69) is 4.90 Å². The largest absolute Gasteiger partial charge is 0.302 e. The van der Waals surface area contributed by atoms with Crippen molar-refractivity contribution in [1.82, 2.24) is 4.90 Å². The van der Waals surface area contributed by atoms with Gasteiger partial charge in [0, 0.05) is 12.0 Å². The lowest BCUT2D eigenvalue weighted by atomic mass is 9.81. The summed E-state index contributed by atoms with van der Waals surface area (Å²) in [7, 11) is 0. The molecule has 0 aromatic carbocycles. The van der Waals surface area contributed by atoms with Gasteiger partial charge in [-0.1, -0.05) is 0 Å². The molecule has 2 saturated heterocycles. The van der Waals surface area contributed by atoms with Crippen LogP contribution in [-0.2, 0) is 4.79 Å². The SMILES string of the molecule is Cl.O=C(CCl)C12CCN(CC1)C2. The summed E-state index contributed by atoms with van der Waals surface area (Å²) < 4.78 is 0. The van der Waals surface area contributed by atoms with Crippen LogP contribution in [0.2, 0.25) is 0 Å². The molecule has 0 aromatic heterocycles. The topological polar surface area (TPSA) is 20.3 Å². The first-order valence-corrected chi connectivity index (χ1v) is 4.62. The van der Waals surface area contributed by atoms with E-state index in [0.717, 1.165) is 32.5 Å². The van der Waals surface area contributed by atoms with Crippen LogP contribution in [0.5, 0.6) is 0 Å². The number of piperidine rings is 1. The molecule has 0 aromatic rings. The average Bonchev–Trinajstić information content (AvgIpc) is 2.62. The van der Waals surface area contributed by atoms with Crippen molar-refractivity contribution in [3.63, 3.8) is 0 Å². The highest BCUT2D eigenvalue weighted by Crippen LogP contribution is 2.41. The Morgan fingerprint density at radius 3 is 2.33 bits per heavy atom. The number of hydrogen-bond acceptors (Lipinski definition) is 2. The van der Waals surface area contributed by atoms with Crippen molar-refractivity contribution >= 4 is 29.8 Å². The molecule has 0 radical (unpaired) electrons. The molecule has 0 N–H and O–H groups in total. The Balaban J connectivity index is 0.000000720. The van der Waals surface area contributed by atoms with Gasteiger partial charge >= 0.3 is 0 Å². The number of ketones is 1. The Labute approximate surface area is 83.7 Å². The van der Waals surface area contributed by atoms with E-state index in [0.29, 0.717) is 0 Å². The van der Waals surface area contributed by atoms with Gasteiger partial charge < -0.3 is 4.90 Å². The second kappa shape index (κ2) is 3.52. The summed E-state index contributed by atoms with van der Waals surface area (Å²) in [6, 6.07) is 0. The minimum Gasteiger partial charge on any atom is -0.302 e. The van der Waals surface area contributed by atoms with Crippen molar-refractivity contribution in [2.45, 2.75) is 12.8 Å². The third kappa shape index (κ3) is 1.36. The van der Waals surface area contributed by atoms with E-state index >= 15 is 0 Å². The van der Waals surface area contributed by atoms with Crippen LogP contribution in [0, 0.1) is 5.41 Å². The molecule has 0 saturated carbocycles. The zero-order chi connectivity index (χ0) is 7.90. The molecule has 2 heterocycles. The van der Waals surface area contributed by atoms with E-state index in [1.54, 1.807) is 0 Å². The molecule has 0 atom stereocenters. The standard InChI is InChI=1S/C8H12ClNO.ClH/c9-5-7(11)8-1-3-10(6-8)4-2-8;/h1-6H2;1H. The fraction of sp³-hybridized carbons (Fsp3) is 0.875. The number of carbonyl (C=O) groups excluding carboxylic acids is 1. The molecule has 2 aliphatic heterocycles. The fourth-order valence-corrected chi connectivity index (χ4v) is 2.52. The number of hydrogen-bond donors (Lipinski definition) is 0. The van der Waals surface area contributed by atoms with E-state index in [4.69, 9.17) is 11.6 Å². The lowest BCUT2D eigenvalue weighted by Crippen LogP contribution is -2.30. The predicted molar refractivity (Wildman–Crippen MR) is 51.1 cm³/mol. The van der Waals surface area contributed by atoms with Crippen molar-refractivity contribution in [3.05, 3.63) is 0 Å². The Morgan fingerprint density at radius 2 is 2.00 bits per heavy atom. The minimum atomic E-state index is -0.0260. The van der Waals surface area contributed by atoms with Crippen LogP contribution in [0.25, 0.3) is 0 Å². The monoisotopic (exact) mass is 209 g/mol. The highest BCUT2D eigenvalue weighted by Gasteiger charge is 2.48. The molecular weight excluding hydrogens is 197 g/mol. The molecule has 4 heteroatoms. The molecule has 0 unspecified atom stereocenters. The summed E-state index contributed by atoms with van der Waals surface area (Å²) in [5.41, 5.74) is -0.0260. The maximum atomic E-state index is 11.4. The predicted octanol–water partition coefficient (Wildman–Crippen LogP) is 1.31. The third-order valence-electron chi connectivity index (χ3n) is 3.05. The van der Waals surface area contributed by atoms with Gasteiger partial charge in [-0.05, 0) is 25.9 Å². The van der Waals surface area contributed by atoms with Crippen LogP contribution >= 0.6 is 24.0 Å². The van der Waals surface area contributed by atoms with E-state index in [9.17, 15) is 4.79 Å². The summed E-state index contributed by atoms with van der Waals surface area (Å²) in [5.74, 6) is 0.465. The molecule has 2 fully saturated rings. The molecule has 2 rings (SSSR count). The van der Waals surface area contributed by atoms with Gasteiger partial charge in [-0.3, -0.25) is 4.79 Å². The number of alkyl halides is 1. The van der Waals surface area contributed by atoms with Gasteiger partial charge in [0.25, 0.3) is 0 Å². The average molecular weight is 210 g/mol. The van der Waals surface area contributed by atoms with Gasteiger partial charge in [0.05, 0.1) is 5.88 Å². The van der Waals surface area contributed by atoms with Crippen LogP contribution in [0.4, 0.5) is 0 Å². The van der Waals surface area contributed by atoms with Crippen LogP contribution in [0.3, 0.4) is 0 Å². The van der Waals surface area contributed by atoms with Crippen molar-refractivity contribution in [3.8, 4) is 0 Å². The van der Waals surface area contributed by atoms with Crippen molar-refractivity contribution in [1.29, 1.82) is 0 Å². The highest BCUT2D eigenvalue weighted by molar-refractivity contribution is 6.28. The Bertz CT molecular complexity index is 187. The van der Waals surface area contributed by atoms with Crippen molar-refractivity contribution < 1.29 is 4.79 Å². The molecule has 0 aliphatic carbocycles. The van der Waals surface area contributed by atoms with Gasteiger partial charge in [-0.25, -0.2) is 0 Å². The maximum absolute atomic E-state index is 11.4. The Hall–Kier alpha value is 0.210. The van der Waals surface area contributed by atoms with Crippen LogP contribution in [0.15, 0.2) is 0 Å². The van der Waals surface area contributed by atoms with E-state index < -0.39 is 0 Å². The number of rotatable bonds is 2. The summed E-state index contributed by atoms with van der Waals surface area (Å²) in [5, 5.41) is 0. The van der Waals surface area contributed by atoms with Crippen molar-refractivity contribution in [2.24, 2.45) is 5.41 Å². The van der Waals surface area contributed by atoms with Gasteiger partial charge in [0.1, 0.15) is 0 Å². The van der Waals surface area contributed by atoms with Crippen LogP contribution in [0.1, 0.15) is 12.8 Å². The van der Waals surface area contributed by atoms with Gasteiger partial charge in [0.2, 0.25) is 0 Å². The van der Waals surface area contributed by atoms with Crippen molar-refractivity contribution in [2.75, 3.05) is 25.5 Å². The lowest BCUT2D eigenvalue weighted by molar-refractivity contribution is -0.124. The lowest BCUT2D eigenvalue weighted by Gasteiger charge is -2.21. The molecule has 12 heavy (non-hydrogen) atoms. The number of carbonyl (C=O) groups is 1. The summed E-state index contributed by atoms with van der Waals surface area (Å²) in [4.78, 5) is 13.8. The molecule has 2 nitrogen and oxygen atoms in total. The Kier molecular flexibility index (Phi) is 3.02. The van der Waals surface area contributed by atoms with Gasteiger partial charge in [0.15, 0.2) is 5.78 Å². The number of fused-ring (bicyclic) bond motifs is 2. The fourth-order valence-electron chi connectivity index (χ4n) is 2.23. The van der Waals surface area contributed by atoms with E-state index in [1.165, 1.54) is 0 Å². The smallest absolute Gasteiger partial charge is 0.155 e. The third-order valence-corrected chi connectivity index (χ3v) is 3.30. The zero-order valence-corrected chi connectivity index (χ0v) is 8.46. The molecule has 0 spiro atoms. The summed E-state index contributed by atoms with van der Waals surface area (Å²) in [6.45, 7) is 3.17. The first-order chi connectivity index (χ1) is 5.27. The highest BCUT2D eigenvalue weighted by atomic mass is 35.5. The minimum absolute atomic E-state index is 0. The molecule has 2 bridgehead atoms. The molecule has 2 aliphatic rings. The first-order valence-electron chi connectivity index (χ1n) is 4.08. The Morgan fingerprint density at radius 1 is 1.42 bits per heavy atom. The number of Topliss-reactive ketones (excluding diaryl/α,β-unsaturated/α-hetero) is 1. The van der Waals surface area contributed by atoms with Crippen LogP contribution in [-0.4, -0.2) is 36.2 Å². The maximum Gasteiger partial charge on any atom is 0.155 e. The molecular formula is C8H13Cl2NO. The van der Waals surface area contributed by atoms with Crippen LogP contribution < -0.4 is 0 Å². The molecule has 0 amide bonds. The summed E-state index contributed by atoms with van der Waals surface area (Å²) in [6.07, 6.45) is 2.08. The van der Waals surface area contributed by atoms with Gasteiger partial charge in [-0.2, -0.15) is 0 Å². The first kappa shape index (κ1) is 10.3.